The third-order valence-corrected chi connectivity index (χ3v) is 4.90. The monoisotopic (exact) mass is 290 g/mol. The highest BCUT2D eigenvalue weighted by molar-refractivity contribution is 7.19. The smallest absolute Gasteiger partial charge is 0.237 e. The van der Waals surface area contributed by atoms with Crippen molar-refractivity contribution >= 4 is 33.3 Å². The molecule has 2 N–H and O–H groups in total. The minimum Gasteiger partial charge on any atom is -0.368 e. The molecular formula is C14H18N4OS. The molecule has 0 radical (unpaired) electrons. The fourth-order valence-corrected chi connectivity index (χ4v) is 4.02. The number of aromatic nitrogens is 2. The zero-order chi connectivity index (χ0) is 14.3. The Hall–Kier alpha value is -1.69. The van der Waals surface area contributed by atoms with Gasteiger partial charge >= 0.3 is 0 Å². The van der Waals surface area contributed by atoms with Gasteiger partial charge in [0, 0.05) is 10.9 Å². The van der Waals surface area contributed by atoms with E-state index in [1.54, 1.807) is 17.7 Å². The maximum atomic E-state index is 11.3. The van der Waals surface area contributed by atoms with E-state index in [-0.39, 0.29) is 18.5 Å². The van der Waals surface area contributed by atoms with Crippen LogP contribution in [0.15, 0.2) is 6.33 Å². The highest BCUT2D eigenvalue weighted by atomic mass is 32.1. The van der Waals surface area contributed by atoms with Crippen molar-refractivity contribution in [2.24, 2.45) is 5.73 Å². The summed E-state index contributed by atoms with van der Waals surface area (Å²) in [4.78, 5) is 24.6. The number of anilines is 1. The molecule has 5 nitrogen and oxygen atoms in total. The van der Waals surface area contributed by atoms with E-state index in [9.17, 15) is 4.79 Å². The first kappa shape index (κ1) is 13.3. The summed E-state index contributed by atoms with van der Waals surface area (Å²) < 4.78 is 0. The number of carbonyl (C=O) groups excluding carboxylic acids is 1. The largest absolute Gasteiger partial charge is 0.368 e. The van der Waals surface area contributed by atoms with Crippen LogP contribution >= 0.6 is 11.3 Å². The minimum atomic E-state index is -0.336. The number of fused-ring (bicyclic) bond motifs is 3. The van der Waals surface area contributed by atoms with Crippen LogP contribution in [-0.4, -0.2) is 28.5 Å². The molecule has 0 unspecified atom stereocenters. The normalized spacial score (nSPS) is 13.9. The van der Waals surface area contributed by atoms with Crippen LogP contribution in [0.1, 0.15) is 30.7 Å². The molecule has 2 aromatic rings. The minimum absolute atomic E-state index is 0.164. The van der Waals surface area contributed by atoms with Crippen LogP contribution in [0.25, 0.3) is 10.2 Å². The summed E-state index contributed by atoms with van der Waals surface area (Å²) in [6.07, 6.45) is 4.99. The van der Waals surface area contributed by atoms with Crippen LogP contribution < -0.4 is 10.6 Å². The molecule has 3 rings (SSSR count). The summed E-state index contributed by atoms with van der Waals surface area (Å²) in [5.74, 6) is 0.514. The molecule has 0 aliphatic heterocycles. The van der Waals surface area contributed by atoms with Gasteiger partial charge < -0.3 is 10.6 Å². The Morgan fingerprint density at radius 1 is 1.45 bits per heavy atom. The third-order valence-electron chi connectivity index (χ3n) is 3.70. The number of rotatable bonds is 4. The molecule has 0 fully saturated rings. The van der Waals surface area contributed by atoms with Gasteiger partial charge in [0.25, 0.3) is 0 Å². The Bertz CT molecular complexity index is 664. The summed E-state index contributed by atoms with van der Waals surface area (Å²) in [6.45, 7) is 4.28. The zero-order valence-corrected chi connectivity index (χ0v) is 12.5. The molecule has 106 valence electrons. The van der Waals surface area contributed by atoms with Crippen molar-refractivity contribution in [2.75, 3.05) is 11.4 Å². The highest BCUT2D eigenvalue weighted by Gasteiger charge is 2.25. The van der Waals surface area contributed by atoms with Gasteiger partial charge in [0.15, 0.2) is 0 Å². The van der Waals surface area contributed by atoms with Crippen LogP contribution in [0, 0.1) is 0 Å². The van der Waals surface area contributed by atoms with Gasteiger partial charge in [0.05, 0.1) is 11.9 Å². The van der Waals surface area contributed by atoms with Gasteiger partial charge in [-0.2, -0.15) is 0 Å². The molecule has 20 heavy (non-hydrogen) atoms. The Labute approximate surface area is 121 Å². The van der Waals surface area contributed by atoms with E-state index in [4.69, 9.17) is 5.73 Å². The van der Waals surface area contributed by atoms with Crippen LogP contribution in [0.4, 0.5) is 5.82 Å². The molecule has 0 spiro atoms. The molecule has 2 heterocycles. The van der Waals surface area contributed by atoms with Gasteiger partial charge in [-0.05, 0) is 38.7 Å². The van der Waals surface area contributed by atoms with Gasteiger partial charge in [0.2, 0.25) is 5.91 Å². The Morgan fingerprint density at radius 3 is 2.95 bits per heavy atom. The molecule has 0 saturated carbocycles. The summed E-state index contributed by atoms with van der Waals surface area (Å²) in [6, 6.07) is 0.164. The van der Waals surface area contributed by atoms with E-state index in [2.05, 4.69) is 9.97 Å². The van der Waals surface area contributed by atoms with E-state index in [0.717, 1.165) is 28.9 Å². The van der Waals surface area contributed by atoms with E-state index < -0.39 is 0 Å². The Balaban J connectivity index is 2.16. The molecule has 0 aromatic carbocycles. The number of thiophene rings is 1. The highest BCUT2D eigenvalue weighted by Crippen LogP contribution is 2.40. The second kappa shape index (κ2) is 5.01. The first-order chi connectivity index (χ1) is 9.58. The van der Waals surface area contributed by atoms with Crippen LogP contribution in [0.5, 0.6) is 0 Å². The molecule has 1 aliphatic carbocycles. The summed E-state index contributed by atoms with van der Waals surface area (Å²) in [5, 5.41) is 1.12. The molecular weight excluding hydrogens is 272 g/mol. The number of nitrogens with two attached hydrogens (primary N) is 1. The quantitative estimate of drug-likeness (QED) is 0.933. The van der Waals surface area contributed by atoms with Crippen molar-refractivity contribution < 1.29 is 4.79 Å². The molecule has 0 atom stereocenters. The Morgan fingerprint density at radius 2 is 2.25 bits per heavy atom. The molecule has 2 aromatic heterocycles. The average molecular weight is 290 g/mol. The average Bonchev–Trinajstić information content (AvgIpc) is 2.94. The van der Waals surface area contributed by atoms with Crippen molar-refractivity contribution in [3.05, 3.63) is 16.8 Å². The zero-order valence-electron chi connectivity index (χ0n) is 11.7. The van der Waals surface area contributed by atoms with Gasteiger partial charge in [-0.15, -0.1) is 11.3 Å². The Kier molecular flexibility index (Phi) is 3.33. The fourth-order valence-electron chi connectivity index (χ4n) is 2.80. The lowest BCUT2D eigenvalue weighted by molar-refractivity contribution is -0.116. The predicted molar refractivity (Wildman–Crippen MR) is 81.1 cm³/mol. The second-order valence-electron chi connectivity index (χ2n) is 5.42. The van der Waals surface area contributed by atoms with Crippen molar-refractivity contribution in [2.45, 2.75) is 39.2 Å². The van der Waals surface area contributed by atoms with Crippen LogP contribution in [0.3, 0.4) is 0 Å². The number of aryl methyl sites for hydroxylation is 2. The number of nitrogens with zero attached hydrogens (tertiary/aromatic N) is 3. The molecule has 1 aliphatic rings. The number of hydrogen-bond donors (Lipinski definition) is 1. The molecule has 0 bridgehead atoms. The number of primary amides is 1. The van der Waals surface area contributed by atoms with Crippen LogP contribution in [0.2, 0.25) is 0 Å². The number of carbonyl (C=O) groups is 1. The lowest BCUT2D eigenvalue weighted by Gasteiger charge is -2.27. The fraction of sp³-hybridized carbons (Fsp3) is 0.500. The topological polar surface area (TPSA) is 72.1 Å². The first-order valence-electron chi connectivity index (χ1n) is 6.88. The summed E-state index contributed by atoms with van der Waals surface area (Å²) in [5.41, 5.74) is 6.75. The van der Waals surface area contributed by atoms with E-state index in [0.29, 0.717) is 0 Å². The van der Waals surface area contributed by atoms with Gasteiger partial charge in [-0.25, -0.2) is 9.97 Å². The lowest BCUT2D eigenvalue weighted by Crippen LogP contribution is -2.39. The van der Waals surface area contributed by atoms with Crippen molar-refractivity contribution in [3.8, 4) is 0 Å². The summed E-state index contributed by atoms with van der Waals surface area (Å²) in [7, 11) is 0. The van der Waals surface area contributed by atoms with E-state index in [1.807, 2.05) is 18.7 Å². The van der Waals surface area contributed by atoms with Crippen molar-refractivity contribution in [1.29, 1.82) is 0 Å². The first-order valence-corrected chi connectivity index (χ1v) is 7.69. The van der Waals surface area contributed by atoms with Crippen molar-refractivity contribution in [1.82, 2.24) is 9.97 Å². The lowest BCUT2D eigenvalue weighted by atomic mass is 10.1. The van der Waals surface area contributed by atoms with E-state index in [1.165, 1.54) is 16.9 Å². The van der Waals surface area contributed by atoms with Gasteiger partial charge in [0.1, 0.15) is 17.0 Å². The number of hydrogen-bond acceptors (Lipinski definition) is 5. The third kappa shape index (κ3) is 2.14. The number of amides is 1. The molecule has 6 heteroatoms. The van der Waals surface area contributed by atoms with Crippen LogP contribution in [-0.2, 0) is 17.6 Å². The second-order valence-corrected chi connectivity index (χ2v) is 6.51. The van der Waals surface area contributed by atoms with E-state index >= 15 is 0 Å². The maximum Gasteiger partial charge on any atom is 0.237 e. The van der Waals surface area contributed by atoms with Gasteiger partial charge in [-0.1, -0.05) is 0 Å². The predicted octanol–water partition coefficient (Wildman–Crippen LogP) is 1.88. The standard InChI is InChI=1S/C14H18N4OS/c1-8(2)18(6-11(15)19)13-12-9-4-3-5-10(9)20-14(12)17-7-16-13/h7-8H,3-6H2,1-2H3,(H2,15,19). The van der Waals surface area contributed by atoms with Gasteiger partial charge in [-0.3, -0.25) is 4.79 Å². The molecule has 1 amide bonds. The SMILES string of the molecule is CC(C)N(CC(N)=O)c1ncnc2sc3c(c12)CCC3. The molecule has 0 saturated heterocycles. The summed E-state index contributed by atoms with van der Waals surface area (Å²) >= 11 is 1.75. The van der Waals surface area contributed by atoms with Crippen molar-refractivity contribution in [3.63, 3.8) is 0 Å². The maximum absolute atomic E-state index is 11.3.